The van der Waals surface area contributed by atoms with E-state index in [2.05, 4.69) is 10.2 Å². The van der Waals surface area contributed by atoms with Crippen LogP contribution in [0.15, 0.2) is 34.7 Å². The SMILES string of the molecule is CN1CC[C@@H](N(C)C(=O)CCc2nnc(-c3ccccc3)o2)C1=O. The van der Waals surface area contributed by atoms with Crippen LogP contribution in [0.4, 0.5) is 0 Å². The van der Waals surface area contributed by atoms with Gasteiger partial charge in [-0.25, -0.2) is 0 Å². The summed E-state index contributed by atoms with van der Waals surface area (Å²) in [5, 5.41) is 7.99. The van der Waals surface area contributed by atoms with Crippen molar-refractivity contribution in [2.75, 3.05) is 20.6 Å². The van der Waals surface area contributed by atoms with Crippen LogP contribution in [-0.4, -0.2) is 58.5 Å². The van der Waals surface area contributed by atoms with Gasteiger partial charge >= 0.3 is 0 Å². The third kappa shape index (κ3) is 3.29. The average molecular weight is 328 g/mol. The van der Waals surface area contributed by atoms with Crippen molar-refractivity contribution in [1.29, 1.82) is 0 Å². The molecule has 0 saturated carbocycles. The van der Waals surface area contributed by atoms with E-state index >= 15 is 0 Å². The summed E-state index contributed by atoms with van der Waals surface area (Å²) >= 11 is 0. The van der Waals surface area contributed by atoms with Crippen LogP contribution in [0, 0.1) is 0 Å². The van der Waals surface area contributed by atoms with Gasteiger partial charge in [0.15, 0.2) is 0 Å². The number of carbonyl (C=O) groups is 2. The molecule has 24 heavy (non-hydrogen) atoms. The first-order valence-corrected chi connectivity index (χ1v) is 7.94. The van der Waals surface area contributed by atoms with E-state index < -0.39 is 0 Å². The molecular weight excluding hydrogens is 308 g/mol. The Morgan fingerprint density at radius 2 is 2.08 bits per heavy atom. The maximum absolute atomic E-state index is 12.3. The molecule has 1 saturated heterocycles. The first-order valence-electron chi connectivity index (χ1n) is 7.94. The largest absolute Gasteiger partial charge is 0.421 e. The quantitative estimate of drug-likeness (QED) is 0.828. The molecule has 0 aliphatic carbocycles. The van der Waals surface area contributed by atoms with Crippen molar-refractivity contribution in [3.63, 3.8) is 0 Å². The lowest BCUT2D eigenvalue weighted by molar-refractivity contribution is -0.140. The van der Waals surface area contributed by atoms with Gasteiger partial charge in [0.25, 0.3) is 0 Å². The molecule has 126 valence electrons. The fraction of sp³-hybridized carbons (Fsp3) is 0.412. The molecule has 1 aliphatic rings. The Balaban J connectivity index is 1.57. The number of carbonyl (C=O) groups excluding carboxylic acids is 2. The number of likely N-dealkylation sites (tertiary alicyclic amines) is 1. The lowest BCUT2D eigenvalue weighted by atomic mass is 10.2. The van der Waals surface area contributed by atoms with Crippen LogP contribution in [0.3, 0.4) is 0 Å². The zero-order chi connectivity index (χ0) is 17.1. The van der Waals surface area contributed by atoms with Crippen LogP contribution in [0.25, 0.3) is 11.5 Å². The molecule has 0 N–H and O–H groups in total. The number of rotatable bonds is 5. The minimum Gasteiger partial charge on any atom is -0.421 e. The Bertz CT molecular complexity index is 728. The van der Waals surface area contributed by atoms with Gasteiger partial charge < -0.3 is 14.2 Å². The molecular formula is C17H20N4O3. The van der Waals surface area contributed by atoms with Gasteiger partial charge in [0.2, 0.25) is 23.6 Å². The smallest absolute Gasteiger partial charge is 0.247 e. The highest BCUT2D eigenvalue weighted by Gasteiger charge is 2.34. The van der Waals surface area contributed by atoms with Crippen molar-refractivity contribution < 1.29 is 14.0 Å². The molecule has 0 bridgehead atoms. The predicted molar refractivity (Wildman–Crippen MR) is 86.9 cm³/mol. The van der Waals surface area contributed by atoms with Crippen LogP contribution in [0.5, 0.6) is 0 Å². The molecule has 2 amide bonds. The number of nitrogens with zero attached hydrogens (tertiary/aromatic N) is 4. The summed E-state index contributed by atoms with van der Waals surface area (Å²) in [6.45, 7) is 0.686. The molecule has 1 fully saturated rings. The maximum Gasteiger partial charge on any atom is 0.247 e. The Labute approximate surface area is 140 Å². The van der Waals surface area contributed by atoms with E-state index in [1.165, 1.54) is 4.90 Å². The van der Waals surface area contributed by atoms with Crippen LogP contribution in [-0.2, 0) is 16.0 Å². The van der Waals surface area contributed by atoms with Gasteiger partial charge in [-0.05, 0) is 18.6 Å². The van der Waals surface area contributed by atoms with E-state index in [9.17, 15) is 9.59 Å². The van der Waals surface area contributed by atoms with Crippen molar-refractivity contribution in [3.8, 4) is 11.5 Å². The Morgan fingerprint density at radius 1 is 1.33 bits per heavy atom. The van der Waals surface area contributed by atoms with Crippen molar-refractivity contribution in [3.05, 3.63) is 36.2 Å². The van der Waals surface area contributed by atoms with E-state index in [1.807, 2.05) is 30.3 Å². The zero-order valence-corrected chi connectivity index (χ0v) is 13.8. The van der Waals surface area contributed by atoms with Gasteiger partial charge in [0, 0.05) is 39.0 Å². The summed E-state index contributed by atoms with van der Waals surface area (Å²) < 4.78 is 5.60. The van der Waals surface area contributed by atoms with Crippen molar-refractivity contribution >= 4 is 11.8 Å². The Morgan fingerprint density at radius 3 is 2.75 bits per heavy atom. The number of aromatic nitrogens is 2. The van der Waals surface area contributed by atoms with Gasteiger partial charge in [0.05, 0.1) is 0 Å². The average Bonchev–Trinajstić information content (AvgIpc) is 3.21. The minimum atomic E-state index is -0.356. The minimum absolute atomic E-state index is 0.00463. The van der Waals surface area contributed by atoms with E-state index in [1.54, 1.807) is 19.0 Å². The van der Waals surface area contributed by atoms with Gasteiger partial charge in [-0.3, -0.25) is 9.59 Å². The normalized spacial score (nSPS) is 17.3. The number of aryl methyl sites for hydroxylation is 1. The van der Waals surface area contributed by atoms with Crippen LogP contribution >= 0.6 is 0 Å². The van der Waals surface area contributed by atoms with Crippen LogP contribution in [0.1, 0.15) is 18.7 Å². The fourth-order valence-electron chi connectivity index (χ4n) is 2.78. The summed E-state index contributed by atoms with van der Waals surface area (Å²) in [5.74, 6) is 0.766. The molecule has 1 aliphatic heterocycles. The summed E-state index contributed by atoms with van der Waals surface area (Å²) in [6.07, 6.45) is 1.27. The first kappa shape index (κ1) is 16.2. The molecule has 1 aromatic heterocycles. The number of benzene rings is 1. The standard InChI is InChI=1S/C17H20N4O3/c1-20-11-10-13(17(20)23)21(2)15(22)9-8-14-18-19-16(24-14)12-6-4-3-5-7-12/h3-7,13H,8-11H2,1-2H3/t13-/m1/s1. The second-order valence-electron chi connectivity index (χ2n) is 5.94. The first-order chi connectivity index (χ1) is 11.6. The second kappa shape index (κ2) is 6.82. The van der Waals surface area contributed by atoms with Crippen molar-refractivity contribution in [1.82, 2.24) is 20.0 Å². The summed E-state index contributed by atoms with van der Waals surface area (Å²) in [7, 11) is 3.43. The topological polar surface area (TPSA) is 79.5 Å². The molecule has 0 radical (unpaired) electrons. The third-order valence-electron chi connectivity index (χ3n) is 4.30. The summed E-state index contributed by atoms with van der Waals surface area (Å²) in [6, 6.07) is 9.12. The number of amides is 2. The predicted octanol–water partition coefficient (Wildman–Crippen LogP) is 1.36. The monoisotopic (exact) mass is 328 g/mol. The molecule has 1 atom stereocenters. The van der Waals surface area contributed by atoms with Crippen molar-refractivity contribution in [2.45, 2.75) is 25.3 Å². The zero-order valence-electron chi connectivity index (χ0n) is 13.8. The summed E-state index contributed by atoms with van der Waals surface area (Å²) in [5.41, 5.74) is 0.847. The number of likely N-dealkylation sites (N-methyl/N-ethyl adjacent to an activating group) is 2. The molecule has 1 aromatic carbocycles. The lowest BCUT2D eigenvalue weighted by Crippen LogP contribution is -2.42. The highest BCUT2D eigenvalue weighted by atomic mass is 16.4. The van der Waals surface area contributed by atoms with E-state index in [-0.39, 0.29) is 24.3 Å². The second-order valence-corrected chi connectivity index (χ2v) is 5.94. The lowest BCUT2D eigenvalue weighted by Gasteiger charge is -2.22. The molecule has 3 rings (SSSR count). The molecule has 2 aromatic rings. The van der Waals surface area contributed by atoms with Gasteiger partial charge in [-0.2, -0.15) is 0 Å². The van der Waals surface area contributed by atoms with Crippen molar-refractivity contribution in [2.24, 2.45) is 0 Å². The highest BCUT2D eigenvalue weighted by Crippen LogP contribution is 2.19. The Kier molecular flexibility index (Phi) is 4.59. The fourth-order valence-corrected chi connectivity index (χ4v) is 2.78. The van der Waals surface area contributed by atoms with E-state index in [0.29, 0.717) is 31.2 Å². The van der Waals surface area contributed by atoms with Gasteiger partial charge in [-0.15, -0.1) is 10.2 Å². The summed E-state index contributed by atoms with van der Waals surface area (Å²) in [4.78, 5) is 27.5. The molecule has 7 nitrogen and oxygen atoms in total. The van der Waals surface area contributed by atoms with Gasteiger partial charge in [0.1, 0.15) is 6.04 Å². The molecule has 7 heteroatoms. The van der Waals surface area contributed by atoms with Crippen LogP contribution < -0.4 is 0 Å². The van der Waals surface area contributed by atoms with Gasteiger partial charge in [-0.1, -0.05) is 18.2 Å². The Hall–Kier alpha value is -2.70. The number of hydrogen-bond donors (Lipinski definition) is 0. The van der Waals surface area contributed by atoms with E-state index in [4.69, 9.17) is 4.42 Å². The molecule has 0 spiro atoms. The third-order valence-corrected chi connectivity index (χ3v) is 4.30. The molecule has 2 heterocycles. The number of hydrogen-bond acceptors (Lipinski definition) is 5. The van der Waals surface area contributed by atoms with E-state index in [0.717, 1.165) is 5.56 Å². The molecule has 0 unspecified atom stereocenters. The van der Waals surface area contributed by atoms with Crippen LogP contribution in [0.2, 0.25) is 0 Å². The maximum atomic E-state index is 12.3. The highest BCUT2D eigenvalue weighted by molar-refractivity contribution is 5.88.